The fourth-order valence-electron chi connectivity index (χ4n) is 2.71. The maximum Gasteiger partial charge on any atom is 0.416 e. The summed E-state index contributed by atoms with van der Waals surface area (Å²) in [7, 11) is 0. The van der Waals surface area contributed by atoms with Crippen LogP contribution < -0.4 is 0 Å². The first-order chi connectivity index (χ1) is 15.6. The predicted molar refractivity (Wildman–Crippen MR) is 111 cm³/mol. The standard InChI is InChI=1S/C21H13F3N2O6S/c22-21(23,24)14-7-10-19(17(11-14)26(30)31)33-18-4-2-1-3-16(18)20(27)32-12-13-5-8-15(9-6-13)25(28)29/h1-11H,12H2. The Morgan fingerprint density at radius 2 is 1.58 bits per heavy atom. The summed E-state index contributed by atoms with van der Waals surface area (Å²) in [5.41, 5.74) is -1.47. The fraction of sp³-hybridized carbons (Fsp3) is 0.0952. The molecule has 0 fully saturated rings. The minimum atomic E-state index is -4.74. The van der Waals surface area contributed by atoms with Crippen molar-refractivity contribution in [2.45, 2.75) is 22.6 Å². The number of alkyl halides is 3. The molecule has 0 spiro atoms. The lowest BCUT2D eigenvalue weighted by Crippen LogP contribution is -2.07. The summed E-state index contributed by atoms with van der Waals surface area (Å²) < 4.78 is 44.0. The molecule has 0 aliphatic heterocycles. The van der Waals surface area contributed by atoms with Crippen LogP contribution >= 0.6 is 11.8 Å². The van der Waals surface area contributed by atoms with E-state index in [4.69, 9.17) is 4.74 Å². The van der Waals surface area contributed by atoms with E-state index in [1.807, 2.05) is 0 Å². The maximum absolute atomic E-state index is 12.9. The van der Waals surface area contributed by atoms with Crippen molar-refractivity contribution < 1.29 is 32.5 Å². The lowest BCUT2D eigenvalue weighted by Gasteiger charge is -2.11. The van der Waals surface area contributed by atoms with Gasteiger partial charge in [-0.1, -0.05) is 23.9 Å². The second kappa shape index (κ2) is 9.69. The number of nitrogens with zero attached hydrogens (tertiary/aromatic N) is 2. The van der Waals surface area contributed by atoms with Crippen LogP contribution in [0.25, 0.3) is 0 Å². The van der Waals surface area contributed by atoms with Crippen LogP contribution in [-0.4, -0.2) is 15.8 Å². The number of halogens is 3. The van der Waals surface area contributed by atoms with Crippen LogP contribution in [0.5, 0.6) is 0 Å². The molecule has 0 bridgehead atoms. The molecule has 12 heteroatoms. The Bertz CT molecular complexity index is 1220. The van der Waals surface area contributed by atoms with Gasteiger partial charge in [-0.15, -0.1) is 0 Å². The van der Waals surface area contributed by atoms with Crippen molar-refractivity contribution >= 4 is 29.1 Å². The molecule has 0 saturated carbocycles. The predicted octanol–water partition coefficient (Wildman–Crippen LogP) is 6.03. The van der Waals surface area contributed by atoms with Gasteiger partial charge in [-0.3, -0.25) is 20.2 Å². The third-order valence-electron chi connectivity index (χ3n) is 4.33. The fourth-order valence-corrected chi connectivity index (χ4v) is 3.72. The second-order valence-corrected chi connectivity index (χ2v) is 7.62. The average molecular weight is 478 g/mol. The molecule has 8 nitrogen and oxygen atoms in total. The van der Waals surface area contributed by atoms with E-state index in [2.05, 4.69) is 0 Å². The monoisotopic (exact) mass is 478 g/mol. The van der Waals surface area contributed by atoms with Gasteiger partial charge in [0.2, 0.25) is 0 Å². The van der Waals surface area contributed by atoms with Gasteiger partial charge in [0, 0.05) is 23.1 Å². The first kappa shape index (κ1) is 23.7. The van der Waals surface area contributed by atoms with Gasteiger partial charge in [-0.25, -0.2) is 4.79 Å². The summed E-state index contributed by atoms with van der Waals surface area (Å²) in [6, 6.07) is 13.5. The lowest BCUT2D eigenvalue weighted by atomic mass is 10.2. The van der Waals surface area contributed by atoms with Gasteiger partial charge < -0.3 is 4.74 Å². The highest BCUT2D eigenvalue weighted by Crippen LogP contribution is 2.40. The van der Waals surface area contributed by atoms with Crippen molar-refractivity contribution in [3.8, 4) is 0 Å². The minimum Gasteiger partial charge on any atom is -0.457 e. The molecule has 3 rings (SSSR count). The summed E-state index contributed by atoms with van der Waals surface area (Å²) in [4.78, 5) is 33.3. The Kier molecular flexibility index (Phi) is 6.97. The van der Waals surface area contributed by atoms with Crippen LogP contribution in [0.1, 0.15) is 21.5 Å². The third kappa shape index (κ3) is 5.86. The summed E-state index contributed by atoms with van der Waals surface area (Å²) in [5.74, 6) is -0.772. The van der Waals surface area contributed by atoms with E-state index in [1.54, 1.807) is 6.07 Å². The first-order valence-corrected chi connectivity index (χ1v) is 9.91. The Morgan fingerprint density at radius 3 is 2.18 bits per heavy atom. The topological polar surface area (TPSA) is 113 Å². The van der Waals surface area contributed by atoms with Crippen molar-refractivity contribution in [1.82, 2.24) is 0 Å². The number of esters is 1. The lowest BCUT2D eigenvalue weighted by molar-refractivity contribution is -0.388. The number of nitro groups is 2. The maximum atomic E-state index is 12.9. The minimum absolute atomic E-state index is 0.0543. The zero-order valence-corrected chi connectivity index (χ0v) is 17.3. The van der Waals surface area contributed by atoms with Crippen LogP contribution in [0.3, 0.4) is 0 Å². The van der Waals surface area contributed by atoms with Crippen molar-refractivity contribution in [3.63, 3.8) is 0 Å². The van der Waals surface area contributed by atoms with Crippen molar-refractivity contribution in [3.05, 3.63) is 104 Å². The molecule has 0 aromatic heterocycles. The summed E-state index contributed by atoms with van der Waals surface area (Å²) >= 11 is 0.759. The smallest absolute Gasteiger partial charge is 0.416 e. The van der Waals surface area contributed by atoms with Gasteiger partial charge in [0.05, 0.1) is 25.9 Å². The van der Waals surface area contributed by atoms with E-state index in [0.29, 0.717) is 11.6 Å². The highest BCUT2D eigenvalue weighted by Gasteiger charge is 2.33. The molecule has 0 saturated heterocycles. The largest absolute Gasteiger partial charge is 0.457 e. The number of carbonyl (C=O) groups excluding carboxylic acids is 1. The molecule has 3 aromatic carbocycles. The van der Waals surface area contributed by atoms with Crippen LogP contribution in [0.4, 0.5) is 24.5 Å². The zero-order chi connectivity index (χ0) is 24.2. The van der Waals surface area contributed by atoms with Crippen molar-refractivity contribution in [2.24, 2.45) is 0 Å². The van der Waals surface area contributed by atoms with Crippen LogP contribution in [-0.2, 0) is 17.5 Å². The molecule has 33 heavy (non-hydrogen) atoms. The highest BCUT2D eigenvalue weighted by molar-refractivity contribution is 7.99. The molecule has 0 N–H and O–H groups in total. The quantitative estimate of drug-likeness (QED) is 0.231. The van der Waals surface area contributed by atoms with Gasteiger partial charge in [0.1, 0.15) is 6.61 Å². The molecule has 0 aliphatic carbocycles. The molecular weight excluding hydrogens is 465 g/mol. The molecule has 0 aliphatic rings. The third-order valence-corrected chi connectivity index (χ3v) is 5.47. The van der Waals surface area contributed by atoms with E-state index < -0.39 is 33.2 Å². The number of ether oxygens (including phenoxy) is 1. The number of nitro benzene ring substituents is 2. The van der Waals surface area contributed by atoms with Gasteiger partial charge in [-0.2, -0.15) is 13.2 Å². The van der Waals surface area contributed by atoms with Crippen LogP contribution in [0.15, 0.2) is 76.5 Å². The Hall–Kier alpha value is -3.93. The van der Waals surface area contributed by atoms with Crippen LogP contribution in [0.2, 0.25) is 0 Å². The molecule has 0 amide bonds. The molecule has 3 aromatic rings. The normalized spacial score (nSPS) is 11.1. The highest BCUT2D eigenvalue weighted by atomic mass is 32.2. The van der Waals surface area contributed by atoms with E-state index in [1.165, 1.54) is 42.5 Å². The molecule has 0 radical (unpaired) electrons. The number of hydrogen-bond donors (Lipinski definition) is 0. The summed E-state index contributed by atoms with van der Waals surface area (Å²) in [6.07, 6.45) is -4.74. The van der Waals surface area contributed by atoms with E-state index in [-0.39, 0.29) is 27.6 Å². The summed E-state index contributed by atoms with van der Waals surface area (Å²) in [6.45, 7) is -0.184. The number of non-ortho nitro benzene ring substituents is 1. The molecule has 0 heterocycles. The van der Waals surface area contributed by atoms with Crippen molar-refractivity contribution in [1.29, 1.82) is 0 Å². The Labute approximate surface area is 188 Å². The Balaban J connectivity index is 1.81. The number of rotatable bonds is 7. The van der Waals surface area contributed by atoms with E-state index in [0.717, 1.165) is 23.9 Å². The second-order valence-electron chi connectivity index (χ2n) is 6.54. The number of carbonyl (C=O) groups is 1. The molecule has 0 unspecified atom stereocenters. The first-order valence-electron chi connectivity index (χ1n) is 9.09. The number of hydrogen-bond acceptors (Lipinski definition) is 7. The average Bonchev–Trinajstić information content (AvgIpc) is 2.77. The van der Waals surface area contributed by atoms with E-state index >= 15 is 0 Å². The van der Waals surface area contributed by atoms with Gasteiger partial charge in [0.15, 0.2) is 0 Å². The molecular formula is C21H13F3N2O6S. The van der Waals surface area contributed by atoms with E-state index in [9.17, 15) is 38.2 Å². The van der Waals surface area contributed by atoms with Crippen LogP contribution in [0, 0.1) is 20.2 Å². The zero-order valence-electron chi connectivity index (χ0n) is 16.4. The Morgan fingerprint density at radius 1 is 0.909 bits per heavy atom. The van der Waals surface area contributed by atoms with Gasteiger partial charge in [0.25, 0.3) is 11.4 Å². The summed E-state index contributed by atoms with van der Waals surface area (Å²) in [5, 5.41) is 22.0. The number of benzene rings is 3. The van der Waals surface area contributed by atoms with Crippen molar-refractivity contribution in [2.75, 3.05) is 0 Å². The van der Waals surface area contributed by atoms with Gasteiger partial charge in [-0.05, 0) is 42.0 Å². The SMILES string of the molecule is O=C(OCc1ccc([N+](=O)[O-])cc1)c1ccccc1Sc1ccc(C(F)(F)F)cc1[N+](=O)[O-]. The molecule has 0 atom stereocenters. The molecule has 170 valence electrons. The van der Waals surface area contributed by atoms with Gasteiger partial charge >= 0.3 is 12.1 Å².